The summed E-state index contributed by atoms with van der Waals surface area (Å²) in [6.45, 7) is 0. The standard InChI is InChI=1S/C13H12FN3/c14-10-5-4-8-12(9-10)17-13(15)16-11-6-2-1-3-7-11/h1-9H,(H3,15,16,17). The molecule has 0 radical (unpaired) electrons. The maximum absolute atomic E-state index is 12.9. The number of nitrogens with one attached hydrogen (secondary N) is 1. The molecule has 0 fully saturated rings. The third-order valence-electron chi connectivity index (χ3n) is 2.10. The number of para-hydroxylation sites is 1. The second-order valence-electron chi connectivity index (χ2n) is 3.47. The van der Waals surface area contributed by atoms with Crippen LogP contribution in [0.2, 0.25) is 0 Å². The molecule has 17 heavy (non-hydrogen) atoms. The van der Waals surface area contributed by atoms with Crippen molar-refractivity contribution in [3.05, 3.63) is 60.4 Å². The highest BCUT2D eigenvalue weighted by Gasteiger charge is 1.97. The summed E-state index contributed by atoms with van der Waals surface area (Å²) in [4.78, 5) is 4.14. The number of benzene rings is 2. The highest BCUT2D eigenvalue weighted by molar-refractivity contribution is 5.93. The van der Waals surface area contributed by atoms with Gasteiger partial charge in [-0.05, 0) is 30.3 Å². The van der Waals surface area contributed by atoms with Crippen molar-refractivity contribution in [2.24, 2.45) is 10.7 Å². The van der Waals surface area contributed by atoms with Gasteiger partial charge in [0.2, 0.25) is 0 Å². The van der Waals surface area contributed by atoms with Gasteiger partial charge in [-0.15, -0.1) is 0 Å². The average molecular weight is 229 g/mol. The number of halogens is 1. The molecule has 0 saturated carbocycles. The van der Waals surface area contributed by atoms with Crippen molar-refractivity contribution in [1.82, 2.24) is 0 Å². The SMILES string of the molecule is NC(=Nc1ccccc1)Nc1cccc(F)c1. The maximum Gasteiger partial charge on any atom is 0.198 e. The van der Waals surface area contributed by atoms with E-state index >= 15 is 0 Å². The monoisotopic (exact) mass is 229 g/mol. The van der Waals surface area contributed by atoms with Crippen LogP contribution >= 0.6 is 0 Å². The van der Waals surface area contributed by atoms with Crippen LogP contribution in [0.25, 0.3) is 0 Å². The number of nitrogens with zero attached hydrogens (tertiary/aromatic N) is 1. The van der Waals surface area contributed by atoms with Gasteiger partial charge in [0.05, 0.1) is 5.69 Å². The fourth-order valence-corrected chi connectivity index (χ4v) is 1.38. The van der Waals surface area contributed by atoms with Crippen molar-refractivity contribution in [1.29, 1.82) is 0 Å². The van der Waals surface area contributed by atoms with Crippen molar-refractivity contribution in [3.8, 4) is 0 Å². The number of hydrogen-bond donors (Lipinski definition) is 2. The molecule has 0 aliphatic rings. The first-order valence-electron chi connectivity index (χ1n) is 5.16. The van der Waals surface area contributed by atoms with E-state index < -0.39 is 0 Å². The van der Waals surface area contributed by atoms with Crippen LogP contribution in [0.1, 0.15) is 0 Å². The third kappa shape index (κ3) is 3.31. The predicted octanol–water partition coefficient (Wildman–Crippen LogP) is 2.88. The molecule has 0 spiro atoms. The first kappa shape index (κ1) is 11.1. The van der Waals surface area contributed by atoms with Crippen LogP contribution in [-0.4, -0.2) is 5.96 Å². The minimum absolute atomic E-state index is 0.224. The number of aliphatic imine (C=N–C) groups is 1. The van der Waals surface area contributed by atoms with Crippen LogP contribution in [0.15, 0.2) is 59.6 Å². The summed E-state index contributed by atoms with van der Waals surface area (Å²) >= 11 is 0. The van der Waals surface area contributed by atoms with Crippen LogP contribution in [0, 0.1) is 5.82 Å². The lowest BCUT2D eigenvalue weighted by molar-refractivity contribution is 0.628. The molecule has 3 nitrogen and oxygen atoms in total. The predicted molar refractivity (Wildman–Crippen MR) is 67.7 cm³/mol. The summed E-state index contributed by atoms with van der Waals surface area (Å²) in [6, 6.07) is 15.4. The molecule has 0 aliphatic heterocycles. The molecule has 2 rings (SSSR count). The second-order valence-corrected chi connectivity index (χ2v) is 3.47. The minimum atomic E-state index is -0.317. The molecule has 2 aromatic carbocycles. The number of rotatable bonds is 2. The van der Waals surface area contributed by atoms with E-state index in [1.54, 1.807) is 12.1 Å². The zero-order valence-electron chi connectivity index (χ0n) is 9.10. The van der Waals surface area contributed by atoms with Crippen molar-refractivity contribution in [3.63, 3.8) is 0 Å². The van der Waals surface area contributed by atoms with Gasteiger partial charge in [-0.1, -0.05) is 24.3 Å². The van der Waals surface area contributed by atoms with Gasteiger partial charge in [0, 0.05) is 5.69 Å². The Bertz CT molecular complexity index is 523. The smallest absolute Gasteiger partial charge is 0.198 e. The Kier molecular flexibility index (Phi) is 3.35. The van der Waals surface area contributed by atoms with E-state index in [-0.39, 0.29) is 11.8 Å². The molecule has 3 N–H and O–H groups in total. The first-order valence-corrected chi connectivity index (χ1v) is 5.16. The minimum Gasteiger partial charge on any atom is -0.369 e. The molecule has 86 valence electrons. The van der Waals surface area contributed by atoms with Gasteiger partial charge in [0.25, 0.3) is 0 Å². The molecule has 0 bridgehead atoms. The van der Waals surface area contributed by atoms with Crippen LogP contribution < -0.4 is 11.1 Å². The zero-order valence-corrected chi connectivity index (χ0v) is 9.10. The molecule has 0 aromatic heterocycles. The Morgan fingerprint density at radius 2 is 1.82 bits per heavy atom. The number of hydrogen-bond acceptors (Lipinski definition) is 1. The van der Waals surface area contributed by atoms with Gasteiger partial charge in [-0.25, -0.2) is 9.38 Å². The van der Waals surface area contributed by atoms with Gasteiger partial charge >= 0.3 is 0 Å². The van der Waals surface area contributed by atoms with Gasteiger partial charge in [-0.2, -0.15) is 0 Å². The van der Waals surface area contributed by atoms with Gasteiger partial charge in [0.15, 0.2) is 5.96 Å². The molecule has 0 atom stereocenters. The topological polar surface area (TPSA) is 50.4 Å². The van der Waals surface area contributed by atoms with Gasteiger partial charge < -0.3 is 11.1 Å². The van der Waals surface area contributed by atoms with Crippen molar-refractivity contribution in [2.45, 2.75) is 0 Å². The van der Waals surface area contributed by atoms with E-state index in [4.69, 9.17) is 5.73 Å². The van der Waals surface area contributed by atoms with Crippen molar-refractivity contribution >= 4 is 17.3 Å². The van der Waals surface area contributed by atoms with E-state index in [0.717, 1.165) is 5.69 Å². The average Bonchev–Trinajstić information content (AvgIpc) is 2.30. The lowest BCUT2D eigenvalue weighted by Crippen LogP contribution is -2.21. The zero-order chi connectivity index (χ0) is 12.1. The highest BCUT2D eigenvalue weighted by Crippen LogP contribution is 2.11. The second kappa shape index (κ2) is 5.12. The molecule has 0 heterocycles. The van der Waals surface area contributed by atoms with Crippen LogP contribution in [0.5, 0.6) is 0 Å². The highest BCUT2D eigenvalue weighted by atomic mass is 19.1. The maximum atomic E-state index is 12.9. The summed E-state index contributed by atoms with van der Waals surface area (Å²) in [6.07, 6.45) is 0. The molecule has 0 aliphatic carbocycles. The Labute approximate surface area is 98.8 Å². The van der Waals surface area contributed by atoms with E-state index in [1.807, 2.05) is 30.3 Å². The van der Waals surface area contributed by atoms with Crippen molar-refractivity contribution in [2.75, 3.05) is 5.32 Å². The van der Waals surface area contributed by atoms with E-state index in [9.17, 15) is 4.39 Å². The van der Waals surface area contributed by atoms with Gasteiger partial charge in [0.1, 0.15) is 5.82 Å². The van der Waals surface area contributed by atoms with Crippen LogP contribution in [0.4, 0.5) is 15.8 Å². The normalized spacial score (nSPS) is 11.2. The number of guanidine groups is 1. The quantitative estimate of drug-likeness (QED) is 0.614. The Morgan fingerprint density at radius 1 is 1.06 bits per heavy atom. The lowest BCUT2D eigenvalue weighted by atomic mass is 10.3. The summed E-state index contributed by atoms with van der Waals surface area (Å²) in [5.41, 5.74) is 7.02. The molecule has 0 amide bonds. The van der Waals surface area contributed by atoms with Gasteiger partial charge in [-0.3, -0.25) is 0 Å². The largest absolute Gasteiger partial charge is 0.369 e. The van der Waals surface area contributed by atoms with Crippen molar-refractivity contribution < 1.29 is 4.39 Å². The summed E-state index contributed by atoms with van der Waals surface area (Å²) < 4.78 is 12.9. The van der Waals surface area contributed by atoms with E-state index in [2.05, 4.69) is 10.3 Å². The molecule has 0 unspecified atom stereocenters. The fourth-order valence-electron chi connectivity index (χ4n) is 1.38. The molecule has 2 aromatic rings. The Hall–Kier alpha value is -2.36. The molecular weight excluding hydrogens is 217 g/mol. The lowest BCUT2D eigenvalue weighted by Gasteiger charge is -2.05. The molecule has 0 saturated heterocycles. The van der Waals surface area contributed by atoms with Crippen LogP contribution in [0.3, 0.4) is 0 Å². The summed E-state index contributed by atoms with van der Waals surface area (Å²) in [5, 5.41) is 2.82. The molecular formula is C13H12FN3. The summed E-state index contributed by atoms with van der Waals surface area (Å²) in [7, 11) is 0. The van der Waals surface area contributed by atoms with E-state index in [1.165, 1.54) is 12.1 Å². The molecule has 4 heteroatoms. The number of nitrogens with two attached hydrogens (primary N) is 1. The Balaban J connectivity index is 2.12. The van der Waals surface area contributed by atoms with Crippen LogP contribution in [-0.2, 0) is 0 Å². The third-order valence-corrected chi connectivity index (χ3v) is 2.10. The number of anilines is 1. The fraction of sp³-hybridized carbons (Fsp3) is 0. The Morgan fingerprint density at radius 3 is 2.53 bits per heavy atom. The summed E-state index contributed by atoms with van der Waals surface area (Å²) in [5.74, 6) is -0.0932. The van der Waals surface area contributed by atoms with E-state index in [0.29, 0.717) is 5.69 Å². The first-order chi connectivity index (χ1) is 8.24.